The number of rotatable bonds is 9. The summed E-state index contributed by atoms with van der Waals surface area (Å²) in [6, 6.07) is 18.5. The van der Waals surface area contributed by atoms with Crippen molar-refractivity contribution in [1.82, 2.24) is 4.72 Å². The molecule has 160 valence electrons. The van der Waals surface area contributed by atoms with Crippen LogP contribution in [-0.4, -0.2) is 20.9 Å². The molecule has 0 saturated heterocycles. The number of halogens is 1. The van der Waals surface area contributed by atoms with E-state index in [4.69, 9.17) is 4.74 Å². The smallest absolute Gasteiger partial charge is 0.255 e. The third-order valence-corrected chi connectivity index (χ3v) is 5.63. The van der Waals surface area contributed by atoms with Gasteiger partial charge in [-0.15, -0.1) is 6.58 Å². The fraction of sp³-hybridized carbons (Fsp3) is 0.0870. The monoisotopic (exact) mass is 440 g/mol. The van der Waals surface area contributed by atoms with Crippen molar-refractivity contribution in [3.63, 3.8) is 0 Å². The molecule has 1 amide bonds. The first-order chi connectivity index (χ1) is 14.9. The van der Waals surface area contributed by atoms with Gasteiger partial charge in [0.25, 0.3) is 5.91 Å². The van der Waals surface area contributed by atoms with Crippen LogP contribution in [0.15, 0.2) is 90.3 Å². The van der Waals surface area contributed by atoms with Crippen molar-refractivity contribution < 1.29 is 22.3 Å². The Bertz CT molecular complexity index is 1200. The third-order valence-electron chi connectivity index (χ3n) is 4.21. The maximum atomic E-state index is 13.3. The van der Waals surface area contributed by atoms with Crippen LogP contribution in [-0.2, 0) is 16.6 Å². The van der Waals surface area contributed by atoms with Crippen LogP contribution in [0.4, 0.5) is 10.1 Å². The Balaban J connectivity index is 1.69. The van der Waals surface area contributed by atoms with Crippen LogP contribution in [0.1, 0.15) is 15.9 Å². The van der Waals surface area contributed by atoms with Crippen LogP contribution >= 0.6 is 0 Å². The Morgan fingerprint density at radius 1 is 1.03 bits per heavy atom. The number of carbonyl (C=O) groups excluding carboxylic acids is 1. The Kier molecular flexibility index (Phi) is 7.17. The largest absolute Gasteiger partial charge is 0.489 e. The minimum Gasteiger partial charge on any atom is -0.489 e. The van der Waals surface area contributed by atoms with Gasteiger partial charge in [-0.05, 0) is 48.0 Å². The lowest BCUT2D eigenvalue weighted by molar-refractivity contribution is 0.102. The Labute approximate surface area is 180 Å². The van der Waals surface area contributed by atoms with Crippen molar-refractivity contribution in [2.75, 3.05) is 11.9 Å². The summed E-state index contributed by atoms with van der Waals surface area (Å²) in [5.41, 5.74) is 1.34. The summed E-state index contributed by atoms with van der Waals surface area (Å²) in [5.74, 6) is -0.318. The van der Waals surface area contributed by atoms with E-state index in [1.165, 1.54) is 42.5 Å². The number of nitrogens with one attached hydrogen (secondary N) is 2. The molecule has 0 unspecified atom stereocenters. The van der Waals surface area contributed by atoms with Gasteiger partial charge in [0.2, 0.25) is 10.0 Å². The van der Waals surface area contributed by atoms with E-state index in [0.717, 1.165) is 0 Å². The van der Waals surface area contributed by atoms with Crippen LogP contribution in [0.5, 0.6) is 5.75 Å². The molecule has 31 heavy (non-hydrogen) atoms. The highest BCUT2D eigenvalue weighted by Crippen LogP contribution is 2.20. The SMILES string of the molecule is C=CCNS(=O)(=O)c1cccc(C(=O)Nc2cccc(OCc3cccc(F)c3)c2)c1. The van der Waals surface area contributed by atoms with Crippen molar-refractivity contribution in [2.45, 2.75) is 11.5 Å². The van der Waals surface area contributed by atoms with E-state index >= 15 is 0 Å². The molecule has 0 bridgehead atoms. The van der Waals surface area contributed by atoms with E-state index < -0.39 is 15.9 Å². The van der Waals surface area contributed by atoms with Crippen LogP contribution in [0.3, 0.4) is 0 Å². The molecule has 0 aliphatic heterocycles. The zero-order valence-electron chi connectivity index (χ0n) is 16.5. The van der Waals surface area contributed by atoms with Crippen LogP contribution < -0.4 is 14.8 Å². The highest BCUT2D eigenvalue weighted by Gasteiger charge is 2.15. The lowest BCUT2D eigenvalue weighted by Gasteiger charge is -2.10. The average Bonchev–Trinajstić information content (AvgIpc) is 2.77. The van der Waals surface area contributed by atoms with Crippen molar-refractivity contribution in [3.05, 3.63) is 102 Å². The molecule has 0 saturated carbocycles. The molecule has 2 N–H and O–H groups in total. The van der Waals surface area contributed by atoms with E-state index in [1.54, 1.807) is 36.4 Å². The topological polar surface area (TPSA) is 84.5 Å². The Morgan fingerprint density at radius 3 is 2.58 bits per heavy atom. The first kappa shape index (κ1) is 22.2. The molecule has 0 aliphatic carbocycles. The summed E-state index contributed by atoms with van der Waals surface area (Å²) in [7, 11) is -3.74. The van der Waals surface area contributed by atoms with Gasteiger partial charge in [-0.1, -0.05) is 30.3 Å². The van der Waals surface area contributed by atoms with Crippen molar-refractivity contribution in [3.8, 4) is 5.75 Å². The fourth-order valence-electron chi connectivity index (χ4n) is 2.72. The van der Waals surface area contributed by atoms with E-state index in [1.807, 2.05) is 0 Å². The van der Waals surface area contributed by atoms with E-state index in [9.17, 15) is 17.6 Å². The van der Waals surface area contributed by atoms with Crippen LogP contribution in [0.25, 0.3) is 0 Å². The Hall–Kier alpha value is -3.49. The second-order valence-electron chi connectivity index (χ2n) is 6.57. The summed E-state index contributed by atoms with van der Waals surface area (Å²) < 4.78 is 45.8. The third kappa shape index (κ3) is 6.24. The average molecular weight is 440 g/mol. The van der Waals surface area contributed by atoms with E-state index in [-0.39, 0.29) is 29.4 Å². The minimum absolute atomic E-state index is 0.0193. The van der Waals surface area contributed by atoms with Crippen molar-refractivity contribution >= 4 is 21.6 Å². The fourth-order valence-corrected chi connectivity index (χ4v) is 3.76. The lowest BCUT2D eigenvalue weighted by Crippen LogP contribution is -2.24. The quantitative estimate of drug-likeness (QED) is 0.490. The summed E-state index contributed by atoms with van der Waals surface area (Å²) in [6.07, 6.45) is 1.43. The Morgan fingerprint density at radius 2 is 1.81 bits per heavy atom. The molecule has 3 aromatic rings. The molecule has 0 spiro atoms. The van der Waals surface area contributed by atoms with E-state index in [0.29, 0.717) is 17.0 Å². The standard InChI is InChI=1S/C23H21FN2O4S/c1-2-12-25-31(28,29)22-11-4-7-18(14-22)23(27)26-20-9-5-10-21(15-20)30-16-17-6-3-8-19(24)13-17/h2-11,13-15,25H,1,12,16H2,(H,26,27). The second-order valence-corrected chi connectivity index (χ2v) is 8.34. The molecule has 0 aliphatic rings. The molecule has 0 aromatic heterocycles. The number of sulfonamides is 1. The zero-order chi connectivity index (χ0) is 22.3. The van der Waals surface area contributed by atoms with Gasteiger partial charge in [0.05, 0.1) is 4.90 Å². The molecule has 0 radical (unpaired) electrons. The second kappa shape index (κ2) is 10.0. The molecule has 6 nitrogen and oxygen atoms in total. The van der Waals surface area contributed by atoms with Crippen molar-refractivity contribution in [1.29, 1.82) is 0 Å². The molecule has 0 fully saturated rings. The highest BCUT2D eigenvalue weighted by atomic mass is 32.2. The molecule has 3 rings (SSSR count). The number of hydrogen-bond acceptors (Lipinski definition) is 4. The van der Waals surface area contributed by atoms with Crippen LogP contribution in [0.2, 0.25) is 0 Å². The molecular formula is C23H21FN2O4S. The van der Waals surface area contributed by atoms with Gasteiger partial charge in [-0.25, -0.2) is 17.5 Å². The number of carbonyl (C=O) groups is 1. The number of hydrogen-bond donors (Lipinski definition) is 2. The molecular weight excluding hydrogens is 419 g/mol. The van der Waals surface area contributed by atoms with Crippen molar-refractivity contribution in [2.24, 2.45) is 0 Å². The minimum atomic E-state index is -3.74. The van der Waals surface area contributed by atoms with Gasteiger partial charge in [-0.2, -0.15) is 0 Å². The lowest BCUT2D eigenvalue weighted by atomic mass is 10.2. The normalized spacial score (nSPS) is 11.0. The molecule has 8 heteroatoms. The summed E-state index contributed by atoms with van der Waals surface area (Å²) >= 11 is 0. The van der Waals surface area contributed by atoms with Gasteiger partial charge in [0, 0.05) is 23.9 Å². The summed E-state index contributed by atoms with van der Waals surface area (Å²) in [4.78, 5) is 12.6. The highest BCUT2D eigenvalue weighted by molar-refractivity contribution is 7.89. The van der Waals surface area contributed by atoms with Gasteiger partial charge in [0.1, 0.15) is 18.2 Å². The molecule has 0 heterocycles. The van der Waals surface area contributed by atoms with Gasteiger partial charge in [0.15, 0.2) is 0 Å². The van der Waals surface area contributed by atoms with E-state index in [2.05, 4.69) is 16.6 Å². The molecule has 3 aromatic carbocycles. The summed E-state index contributed by atoms with van der Waals surface area (Å²) in [5, 5.41) is 2.72. The number of amides is 1. The predicted octanol–water partition coefficient (Wildman–Crippen LogP) is 4.12. The maximum Gasteiger partial charge on any atom is 0.255 e. The predicted molar refractivity (Wildman–Crippen MR) is 117 cm³/mol. The first-order valence-corrected chi connectivity index (χ1v) is 10.8. The number of benzene rings is 3. The number of ether oxygens (including phenoxy) is 1. The number of anilines is 1. The van der Waals surface area contributed by atoms with Gasteiger partial charge >= 0.3 is 0 Å². The maximum absolute atomic E-state index is 13.3. The molecule has 0 atom stereocenters. The zero-order valence-corrected chi connectivity index (χ0v) is 17.4. The van der Waals surface area contributed by atoms with Gasteiger partial charge in [-0.3, -0.25) is 4.79 Å². The summed E-state index contributed by atoms with van der Waals surface area (Å²) in [6.45, 7) is 3.73. The first-order valence-electron chi connectivity index (χ1n) is 9.37. The van der Waals surface area contributed by atoms with Crippen LogP contribution in [0, 0.1) is 5.82 Å². The van der Waals surface area contributed by atoms with Gasteiger partial charge < -0.3 is 10.1 Å².